The molecule has 0 unspecified atom stereocenters. The predicted molar refractivity (Wildman–Crippen MR) is 89.9 cm³/mol. The Morgan fingerprint density at radius 2 is 2.08 bits per heavy atom. The van der Waals surface area contributed by atoms with E-state index < -0.39 is 9.84 Å². The first-order valence-corrected chi connectivity index (χ1v) is 9.67. The van der Waals surface area contributed by atoms with Crippen molar-refractivity contribution in [2.24, 2.45) is 5.92 Å². The average molecular weight is 343 g/mol. The predicted octanol–water partition coefficient (Wildman–Crippen LogP) is 2.64. The Kier molecular flexibility index (Phi) is 3.72. The molecule has 1 aliphatic heterocycles. The van der Waals surface area contributed by atoms with Gasteiger partial charge in [-0.1, -0.05) is 35.5 Å². The molecular weight excluding hydrogens is 326 g/mol. The summed E-state index contributed by atoms with van der Waals surface area (Å²) in [5.74, 6) is 1.91. The van der Waals surface area contributed by atoms with Crippen molar-refractivity contribution in [3.05, 3.63) is 48.8 Å². The van der Waals surface area contributed by atoms with Gasteiger partial charge in [0.05, 0.1) is 11.5 Å². The lowest BCUT2D eigenvalue weighted by Crippen LogP contribution is -2.12. The Morgan fingerprint density at radius 3 is 2.83 bits per heavy atom. The first-order valence-electron chi connectivity index (χ1n) is 7.85. The maximum atomic E-state index is 11.6. The molecule has 1 aliphatic rings. The Morgan fingerprint density at radius 1 is 1.25 bits per heavy atom. The molecule has 0 saturated carbocycles. The molecule has 1 atom stereocenters. The highest BCUT2D eigenvalue weighted by atomic mass is 32.2. The van der Waals surface area contributed by atoms with Gasteiger partial charge < -0.3 is 9.09 Å². The molecule has 0 N–H and O–H groups in total. The van der Waals surface area contributed by atoms with Crippen LogP contribution in [0.2, 0.25) is 0 Å². The zero-order valence-corrected chi connectivity index (χ0v) is 13.8. The summed E-state index contributed by atoms with van der Waals surface area (Å²) in [5.41, 5.74) is 1.73. The minimum atomic E-state index is -2.88. The lowest BCUT2D eigenvalue weighted by Gasteiger charge is -2.10. The van der Waals surface area contributed by atoms with E-state index in [0.717, 1.165) is 11.3 Å². The molecule has 1 fully saturated rings. The fourth-order valence-electron chi connectivity index (χ4n) is 3.10. The summed E-state index contributed by atoms with van der Waals surface area (Å²) in [6.07, 6.45) is 4.25. The Balaban J connectivity index is 1.58. The molecule has 6 nitrogen and oxygen atoms in total. The topological polar surface area (TPSA) is 78.0 Å². The summed E-state index contributed by atoms with van der Waals surface area (Å²) in [5, 5.41) is 4.11. The van der Waals surface area contributed by atoms with Crippen LogP contribution in [0.15, 0.2) is 53.3 Å². The molecule has 1 aromatic carbocycles. The number of imidazole rings is 1. The maximum absolute atomic E-state index is 11.6. The molecule has 124 valence electrons. The zero-order valence-electron chi connectivity index (χ0n) is 13.0. The summed E-state index contributed by atoms with van der Waals surface area (Å²) in [6, 6.07) is 11.7. The third-order valence-corrected chi connectivity index (χ3v) is 6.13. The summed E-state index contributed by atoms with van der Waals surface area (Å²) >= 11 is 0. The van der Waals surface area contributed by atoms with E-state index in [1.807, 2.05) is 47.2 Å². The highest BCUT2D eigenvalue weighted by Crippen LogP contribution is 2.27. The smallest absolute Gasteiger partial charge is 0.202 e. The molecular formula is C17H17N3O3S. The largest absolute Gasteiger partial charge is 0.352 e. The van der Waals surface area contributed by atoms with Crippen molar-refractivity contribution in [1.29, 1.82) is 0 Å². The lowest BCUT2D eigenvalue weighted by atomic mass is 10.1. The van der Waals surface area contributed by atoms with Gasteiger partial charge in [0.1, 0.15) is 5.69 Å². The summed E-state index contributed by atoms with van der Waals surface area (Å²) in [4.78, 5) is 4.35. The van der Waals surface area contributed by atoms with Crippen LogP contribution in [-0.2, 0) is 16.4 Å². The van der Waals surface area contributed by atoms with Gasteiger partial charge in [0.2, 0.25) is 5.76 Å². The number of nitrogens with zero attached hydrogens (tertiary/aromatic N) is 3. The van der Waals surface area contributed by atoms with Crippen molar-refractivity contribution < 1.29 is 12.9 Å². The maximum Gasteiger partial charge on any atom is 0.202 e. The second-order valence-electron chi connectivity index (χ2n) is 6.11. The van der Waals surface area contributed by atoms with Crippen LogP contribution >= 0.6 is 0 Å². The third kappa shape index (κ3) is 2.99. The fourth-order valence-corrected chi connectivity index (χ4v) is 4.95. The van der Waals surface area contributed by atoms with Crippen molar-refractivity contribution in [2.45, 2.75) is 13.0 Å². The van der Waals surface area contributed by atoms with Gasteiger partial charge in [-0.15, -0.1) is 0 Å². The van der Waals surface area contributed by atoms with Crippen molar-refractivity contribution in [2.75, 3.05) is 11.5 Å². The lowest BCUT2D eigenvalue weighted by molar-refractivity contribution is 0.425. The Hall–Kier alpha value is -2.41. The molecule has 0 amide bonds. The first kappa shape index (κ1) is 15.1. The minimum Gasteiger partial charge on any atom is -0.352 e. The molecule has 2 aromatic heterocycles. The molecule has 0 bridgehead atoms. The van der Waals surface area contributed by atoms with Gasteiger partial charge in [0.15, 0.2) is 15.7 Å². The van der Waals surface area contributed by atoms with Crippen molar-refractivity contribution in [3.63, 3.8) is 0 Å². The SMILES string of the molecule is O=S1(=O)CC[C@H](Cn2ccnc2-c2cc(-c3ccccc3)no2)C1. The van der Waals surface area contributed by atoms with Gasteiger partial charge in [-0.05, 0) is 12.3 Å². The minimum absolute atomic E-state index is 0.125. The van der Waals surface area contributed by atoms with Crippen LogP contribution in [0.25, 0.3) is 22.8 Å². The molecule has 0 spiro atoms. The number of benzene rings is 1. The van der Waals surface area contributed by atoms with E-state index in [1.165, 1.54) is 0 Å². The van der Waals surface area contributed by atoms with E-state index in [4.69, 9.17) is 4.52 Å². The molecule has 3 aromatic rings. The summed E-state index contributed by atoms with van der Waals surface area (Å²) < 4.78 is 30.7. The van der Waals surface area contributed by atoms with Crippen molar-refractivity contribution in [3.8, 4) is 22.8 Å². The average Bonchev–Trinajstić information content (AvgIpc) is 3.28. The van der Waals surface area contributed by atoms with E-state index in [2.05, 4.69) is 10.1 Å². The number of hydrogen-bond acceptors (Lipinski definition) is 5. The van der Waals surface area contributed by atoms with E-state index in [1.54, 1.807) is 6.20 Å². The standard InChI is InChI=1S/C17H17N3O3S/c21-24(22)9-6-13(12-24)11-20-8-7-18-17(20)16-10-15(19-23-16)14-4-2-1-3-5-14/h1-5,7-8,10,13H,6,9,11-12H2/t13-/m1/s1. The molecule has 7 heteroatoms. The van der Waals surface area contributed by atoms with Gasteiger partial charge in [-0.3, -0.25) is 0 Å². The van der Waals surface area contributed by atoms with Crippen LogP contribution in [0.3, 0.4) is 0 Å². The quantitative estimate of drug-likeness (QED) is 0.728. The van der Waals surface area contributed by atoms with Crippen LogP contribution in [0, 0.1) is 5.92 Å². The monoisotopic (exact) mass is 343 g/mol. The van der Waals surface area contributed by atoms with Crippen LogP contribution in [-0.4, -0.2) is 34.6 Å². The molecule has 0 radical (unpaired) electrons. The first-order chi connectivity index (χ1) is 11.6. The van der Waals surface area contributed by atoms with Gasteiger partial charge in [-0.25, -0.2) is 13.4 Å². The molecule has 24 heavy (non-hydrogen) atoms. The van der Waals surface area contributed by atoms with Crippen LogP contribution in [0.1, 0.15) is 6.42 Å². The van der Waals surface area contributed by atoms with Crippen LogP contribution < -0.4 is 0 Å². The molecule has 3 heterocycles. The fraction of sp³-hybridized carbons (Fsp3) is 0.294. The second-order valence-corrected chi connectivity index (χ2v) is 8.34. The molecule has 1 saturated heterocycles. The zero-order chi connectivity index (χ0) is 16.6. The summed E-state index contributed by atoms with van der Waals surface area (Å²) in [6.45, 7) is 0.621. The van der Waals surface area contributed by atoms with Gasteiger partial charge in [-0.2, -0.15) is 0 Å². The van der Waals surface area contributed by atoms with E-state index in [9.17, 15) is 8.42 Å². The van der Waals surface area contributed by atoms with Gasteiger partial charge >= 0.3 is 0 Å². The second kappa shape index (κ2) is 5.90. The number of sulfone groups is 1. The van der Waals surface area contributed by atoms with Crippen molar-refractivity contribution in [1.82, 2.24) is 14.7 Å². The molecule has 0 aliphatic carbocycles. The third-order valence-electron chi connectivity index (χ3n) is 4.30. The number of hydrogen-bond donors (Lipinski definition) is 0. The van der Waals surface area contributed by atoms with Crippen LogP contribution in [0.5, 0.6) is 0 Å². The van der Waals surface area contributed by atoms with E-state index in [0.29, 0.717) is 24.6 Å². The highest BCUT2D eigenvalue weighted by molar-refractivity contribution is 7.91. The van der Waals surface area contributed by atoms with Gasteiger partial charge in [0, 0.05) is 30.6 Å². The van der Waals surface area contributed by atoms with Crippen LogP contribution in [0.4, 0.5) is 0 Å². The van der Waals surface area contributed by atoms with E-state index >= 15 is 0 Å². The van der Waals surface area contributed by atoms with E-state index in [-0.39, 0.29) is 17.4 Å². The number of rotatable bonds is 4. The normalized spacial score (nSPS) is 19.6. The van der Waals surface area contributed by atoms with Crippen molar-refractivity contribution >= 4 is 9.84 Å². The molecule has 4 rings (SSSR count). The van der Waals surface area contributed by atoms with Gasteiger partial charge in [0.25, 0.3) is 0 Å². The summed E-state index contributed by atoms with van der Waals surface area (Å²) in [7, 11) is -2.88. The number of aromatic nitrogens is 3. The highest BCUT2D eigenvalue weighted by Gasteiger charge is 2.28. The Bertz CT molecular complexity index is 944. The Labute approximate surface area is 140 Å².